The summed E-state index contributed by atoms with van der Waals surface area (Å²) in [6.45, 7) is 3.07. The predicted octanol–water partition coefficient (Wildman–Crippen LogP) is 2.01. The molecule has 6 heteroatoms. The number of fused-ring (bicyclic) bond motifs is 4. The molecule has 0 N–H and O–H groups in total. The SMILES string of the molecule is CS(=O)(=O)N1C[C@@H]2CC[C@H](C1)N(CCCC(=O)c1ccccc1)C2. The van der Waals surface area contributed by atoms with Crippen LogP contribution in [0, 0.1) is 5.92 Å². The summed E-state index contributed by atoms with van der Waals surface area (Å²) in [5, 5.41) is 0. The number of piperidine rings is 1. The van der Waals surface area contributed by atoms with Crippen molar-refractivity contribution in [2.75, 3.05) is 32.4 Å². The second-order valence-electron chi connectivity index (χ2n) is 7.06. The van der Waals surface area contributed by atoms with Crippen LogP contribution in [0.5, 0.6) is 0 Å². The van der Waals surface area contributed by atoms with Gasteiger partial charge in [-0.1, -0.05) is 30.3 Å². The third-order valence-electron chi connectivity index (χ3n) is 5.21. The predicted molar refractivity (Wildman–Crippen MR) is 94.5 cm³/mol. The van der Waals surface area contributed by atoms with Crippen LogP contribution in [0.4, 0.5) is 0 Å². The molecule has 0 unspecified atom stereocenters. The van der Waals surface area contributed by atoms with Crippen LogP contribution in [0.15, 0.2) is 30.3 Å². The summed E-state index contributed by atoms with van der Waals surface area (Å²) in [6.07, 6.45) is 4.85. The first kappa shape index (κ1) is 17.6. The largest absolute Gasteiger partial charge is 0.299 e. The van der Waals surface area contributed by atoms with Gasteiger partial charge in [-0.15, -0.1) is 0 Å². The van der Waals surface area contributed by atoms with E-state index in [4.69, 9.17) is 0 Å². The Balaban J connectivity index is 1.54. The second-order valence-corrected chi connectivity index (χ2v) is 9.05. The molecule has 0 spiro atoms. The summed E-state index contributed by atoms with van der Waals surface area (Å²) < 4.78 is 25.4. The van der Waals surface area contributed by atoms with E-state index >= 15 is 0 Å². The van der Waals surface area contributed by atoms with Crippen LogP contribution in [-0.2, 0) is 10.0 Å². The Labute approximate surface area is 144 Å². The van der Waals surface area contributed by atoms with Crippen LogP contribution >= 0.6 is 0 Å². The van der Waals surface area contributed by atoms with Gasteiger partial charge in [0.15, 0.2) is 5.78 Å². The molecule has 5 nitrogen and oxygen atoms in total. The molecule has 4 rings (SSSR count). The molecule has 0 saturated carbocycles. The lowest BCUT2D eigenvalue weighted by atomic mass is 9.94. The Kier molecular flexibility index (Phi) is 5.37. The van der Waals surface area contributed by atoms with Gasteiger partial charge in [-0.3, -0.25) is 9.69 Å². The quantitative estimate of drug-likeness (QED) is 0.737. The summed E-state index contributed by atoms with van der Waals surface area (Å²) in [4.78, 5) is 14.6. The number of hydrogen-bond donors (Lipinski definition) is 0. The molecular formula is C18H26N2O3S. The minimum atomic E-state index is -3.12. The maximum atomic E-state index is 12.2. The van der Waals surface area contributed by atoms with Gasteiger partial charge in [-0.25, -0.2) is 12.7 Å². The van der Waals surface area contributed by atoms with E-state index in [1.807, 2.05) is 30.3 Å². The van der Waals surface area contributed by atoms with E-state index < -0.39 is 10.0 Å². The van der Waals surface area contributed by atoms with E-state index in [0.717, 1.165) is 37.9 Å². The molecule has 1 aromatic rings. The Morgan fingerprint density at radius 2 is 1.88 bits per heavy atom. The monoisotopic (exact) mass is 350 g/mol. The van der Waals surface area contributed by atoms with Crippen LogP contribution in [-0.4, -0.2) is 61.9 Å². The van der Waals surface area contributed by atoms with Crippen molar-refractivity contribution in [3.63, 3.8) is 0 Å². The van der Waals surface area contributed by atoms with Crippen molar-refractivity contribution in [3.8, 4) is 0 Å². The molecule has 0 aromatic heterocycles. The van der Waals surface area contributed by atoms with Crippen molar-refractivity contribution in [2.45, 2.75) is 31.7 Å². The fraction of sp³-hybridized carbons (Fsp3) is 0.611. The topological polar surface area (TPSA) is 57.7 Å². The minimum Gasteiger partial charge on any atom is -0.299 e. The molecule has 2 bridgehead atoms. The third-order valence-corrected chi connectivity index (χ3v) is 6.44. The molecule has 0 aliphatic carbocycles. The van der Waals surface area contributed by atoms with Gasteiger partial charge in [0.05, 0.1) is 6.26 Å². The normalized spacial score (nSPS) is 25.5. The lowest BCUT2D eigenvalue weighted by molar-refractivity contribution is 0.0955. The highest BCUT2D eigenvalue weighted by Gasteiger charge is 2.37. The van der Waals surface area contributed by atoms with E-state index in [2.05, 4.69) is 4.90 Å². The summed E-state index contributed by atoms with van der Waals surface area (Å²) in [7, 11) is -3.12. The molecule has 0 amide bonds. The number of nitrogens with zero attached hydrogens (tertiary/aromatic N) is 2. The first-order valence-corrected chi connectivity index (χ1v) is 10.6. The van der Waals surface area contributed by atoms with E-state index in [1.54, 1.807) is 4.31 Å². The number of benzene rings is 1. The van der Waals surface area contributed by atoms with Crippen LogP contribution in [0.25, 0.3) is 0 Å². The third kappa shape index (κ3) is 4.23. The fourth-order valence-electron chi connectivity index (χ4n) is 3.89. The average Bonchev–Trinajstić information content (AvgIpc) is 2.87. The highest BCUT2D eigenvalue weighted by Crippen LogP contribution is 2.29. The minimum absolute atomic E-state index is 0.188. The summed E-state index contributed by atoms with van der Waals surface area (Å²) in [6, 6.07) is 9.71. The van der Waals surface area contributed by atoms with Gasteiger partial charge < -0.3 is 0 Å². The van der Waals surface area contributed by atoms with Crippen molar-refractivity contribution in [3.05, 3.63) is 35.9 Å². The number of sulfonamides is 1. The van der Waals surface area contributed by atoms with E-state index in [1.165, 1.54) is 6.26 Å². The first-order valence-electron chi connectivity index (χ1n) is 8.71. The van der Waals surface area contributed by atoms with Crippen LogP contribution in [0.3, 0.4) is 0 Å². The van der Waals surface area contributed by atoms with Crippen LogP contribution in [0.1, 0.15) is 36.0 Å². The van der Waals surface area contributed by atoms with Gasteiger partial charge in [0.1, 0.15) is 0 Å². The number of carbonyl (C=O) groups is 1. The highest BCUT2D eigenvalue weighted by atomic mass is 32.2. The molecule has 24 heavy (non-hydrogen) atoms. The Morgan fingerprint density at radius 3 is 2.58 bits per heavy atom. The zero-order valence-electron chi connectivity index (χ0n) is 14.2. The molecule has 3 heterocycles. The summed E-state index contributed by atoms with van der Waals surface area (Å²) in [5.74, 6) is 0.608. The van der Waals surface area contributed by atoms with Crippen molar-refractivity contribution in [2.24, 2.45) is 5.92 Å². The number of hydrogen-bond acceptors (Lipinski definition) is 4. The molecule has 3 fully saturated rings. The van der Waals surface area contributed by atoms with Crippen molar-refractivity contribution in [1.82, 2.24) is 9.21 Å². The Hall–Kier alpha value is -1.24. The maximum Gasteiger partial charge on any atom is 0.211 e. The fourth-order valence-corrected chi connectivity index (χ4v) is 4.82. The number of Topliss-reactive ketones (excluding diaryl/α,β-unsaturated/α-hetero) is 1. The molecule has 132 valence electrons. The lowest BCUT2D eigenvalue weighted by Crippen LogP contribution is -2.44. The second kappa shape index (κ2) is 7.33. The van der Waals surface area contributed by atoms with Crippen LogP contribution in [0.2, 0.25) is 0 Å². The summed E-state index contributed by atoms with van der Waals surface area (Å²) >= 11 is 0. The zero-order chi connectivity index (χ0) is 17.2. The molecular weight excluding hydrogens is 324 g/mol. The van der Waals surface area contributed by atoms with Gasteiger partial charge in [0.25, 0.3) is 0 Å². The average molecular weight is 350 g/mol. The Morgan fingerprint density at radius 1 is 1.12 bits per heavy atom. The van der Waals surface area contributed by atoms with Gasteiger partial charge in [-0.05, 0) is 31.7 Å². The van der Waals surface area contributed by atoms with Crippen molar-refractivity contribution in [1.29, 1.82) is 0 Å². The van der Waals surface area contributed by atoms with Gasteiger partial charge in [0, 0.05) is 37.7 Å². The highest BCUT2D eigenvalue weighted by molar-refractivity contribution is 7.88. The zero-order valence-corrected chi connectivity index (χ0v) is 15.0. The van der Waals surface area contributed by atoms with E-state index in [-0.39, 0.29) is 5.78 Å². The smallest absolute Gasteiger partial charge is 0.211 e. The molecule has 3 aliphatic rings. The number of carbonyl (C=O) groups excluding carboxylic acids is 1. The molecule has 3 aliphatic heterocycles. The van der Waals surface area contributed by atoms with Gasteiger partial charge in [-0.2, -0.15) is 0 Å². The van der Waals surface area contributed by atoms with Gasteiger partial charge >= 0.3 is 0 Å². The van der Waals surface area contributed by atoms with Crippen LogP contribution < -0.4 is 0 Å². The molecule has 1 aromatic carbocycles. The molecule has 0 radical (unpaired) electrons. The Bertz CT molecular complexity index is 675. The maximum absolute atomic E-state index is 12.2. The number of ketones is 1. The van der Waals surface area contributed by atoms with E-state index in [0.29, 0.717) is 31.5 Å². The van der Waals surface area contributed by atoms with Gasteiger partial charge in [0.2, 0.25) is 10.0 Å². The van der Waals surface area contributed by atoms with Crippen molar-refractivity contribution >= 4 is 15.8 Å². The standard InChI is InChI=1S/C18H26N2O3S/c1-24(22,23)20-13-15-9-10-17(14-20)19(12-15)11-5-8-18(21)16-6-3-2-4-7-16/h2-4,6-7,15,17H,5,8-14H2,1H3/t15-,17-/m1/s1. The lowest BCUT2D eigenvalue weighted by Gasteiger charge is -2.36. The summed E-state index contributed by atoms with van der Waals surface area (Å²) in [5.41, 5.74) is 0.776. The molecule has 3 saturated heterocycles. The van der Waals surface area contributed by atoms with Crippen molar-refractivity contribution < 1.29 is 13.2 Å². The first-order chi connectivity index (χ1) is 11.4. The number of rotatable bonds is 6. The molecule has 2 atom stereocenters. The van der Waals surface area contributed by atoms with E-state index in [9.17, 15) is 13.2 Å².